The van der Waals surface area contributed by atoms with Crippen LogP contribution in [0.3, 0.4) is 0 Å². The summed E-state index contributed by atoms with van der Waals surface area (Å²) in [5.41, 5.74) is 5.77. The van der Waals surface area contributed by atoms with Gasteiger partial charge in [-0.1, -0.05) is 6.92 Å². The molecule has 0 aliphatic rings. The molecule has 0 saturated carbocycles. The van der Waals surface area contributed by atoms with E-state index in [9.17, 15) is 9.59 Å². The van der Waals surface area contributed by atoms with E-state index in [0.717, 1.165) is 0 Å². The second-order valence-electron chi connectivity index (χ2n) is 1.99. The van der Waals surface area contributed by atoms with Gasteiger partial charge in [0, 0.05) is 5.57 Å². The first kappa shape index (κ1) is 8.88. The lowest BCUT2D eigenvalue weighted by atomic mass is 10.1. The highest BCUT2D eigenvalue weighted by molar-refractivity contribution is 5.97. The van der Waals surface area contributed by atoms with Crippen molar-refractivity contribution in [3.05, 3.63) is 11.1 Å². The third kappa shape index (κ3) is 2.01. The molecule has 0 saturated heterocycles. The van der Waals surface area contributed by atoms with E-state index in [1.807, 2.05) is 0 Å². The summed E-state index contributed by atoms with van der Waals surface area (Å²) in [5, 5.41) is 0. The summed E-state index contributed by atoms with van der Waals surface area (Å²) in [7, 11) is 0. The lowest BCUT2D eigenvalue weighted by Gasteiger charge is -1.97. The second kappa shape index (κ2) is 3.82. The van der Waals surface area contributed by atoms with Gasteiger partial charge >= 0.3 is 0 Å². The van der Waals surface area contributed by atoms with Gasteiger partial charge in [-0.15, -0.1) is 0 Å². The molecule has 0 rings (SSSR count). The molecule has 0 heterocycles. The van der Waals surface area contributed by atoms with Gasteiger partial charge < -0.3 is 5.73 Å². The average Bonchev–Trinajstić information content (AvgIpc) is 1.90. The molecular formula is C7H11NO2. The smallest absolute Gasteiger partial charge is 0.244 e. The summed E-state index contributed by atoms with van der Waals surface area (Å²) < 4.78 is 0. The van der Waals surface area contributed by atoms with Crippen molar-refractivity contribution in [2.45, 2.75) is 20.3 Å². The van der Waals surface area contributed by atoms with Crippen molar-refractivity contribution in [2.24, 2.45) is 5.73 Å². The molecular weight excluding hydrogens is 130 g/mol. The first-order chi connectivity index (χ1) is 4.63. The average molecular weight is 141 g/mol. The molecule has 0 fully saturated rings. The SMILES string of the molecule is CCC(C=O)=C(C)C(N)=O. The van der Waals surface area contributed by atoms with Crippen LogP contribution in [0.25, 0.3) is 0 Å². The van der Waals surface area contributed by atoms with Crippen molar-refractivity contribution in [3.63, 3.8) is 0 Å². The summed E-state index contributed by atoms with van der Waals surface area (Å²) >= 11 is 0. The largest absolute Gasteiger partial charge is 0.366 e. The standard InChI is InChI=1S/C7H11NO2/c1-3-6(4-9)5(2)7(8)10/h4H,3H2,1-2H3,(H2,8,10). The molecule has 0 aromatic carbocycles. The predicted octanol–water partition coefficient (Wildman–Crippen LogP) is 0.397. The van der Waals surface area contributed by atoms with Gasteiger partial charge in [0.2, 0.25) is 5.91 Å². The maximum atomic E-state index is 10.5. The molecule has 1 amide bonds. The zero-order valence-corrected chi connectivity index (χ0v) is 6.18. The summed E-state index contributed by atoms with van der Waals surface area (Å²) in [6, 6.07) is 0. The van der Waals surface area contributed by atoms with E-state index in [0.29, 0.717) is 23.9 Å². The third-order valence-corrected chi connectivity index (χ3v) is 1.37. The van der Waals surface area contributed by atoms with E-state index in [1.54, 1.807) is 13.8 Å². The zero-order chi connectivity index (χ0) is 8.15. The van der Waals surface area contributed by atoms with Crippen molar-refractivity contribution < 1.29 is 9.59 Å². The van der Waals surface area contributed by atoms with Gasteiger partial charge in [-0.3, -0.25) is 9.59 Å². The Morgan fingerprint density at radius 2 is 2.10 bits per heavy atom. The summed E-state index contributed by atoms with van der Waals surface area (Å²) in [6.07, 6.45) is 1.22. The molecule has 0 aliphatic heterocycles. The molecule has 0 radical (unpaired) electrons. The van der Waals surface area contributed by atoms with Crippen LogP contribution in [0.4, 0.5) is 0 Å². The van der Waals surface area contributed by atoms with E-state index >= 15 is 0 Å². The molecule has 0 atom stereocenters. The van der Waals surface area contributed by atoms with Crippen LogP contribution < -0.4 is 5.73 Å². The zero-order valence-electron chi connectivity index (χ0n) is 6.18. The fourth-order valence-corrected chi connectivity index (χ4v) is 0.595. The molecule has 0 aromatic rings. The Morgan fingerprint density at radius 3 is 2.20 bits per heavy atom. The Labute approximate surface area is 59.9 Å². The Morgan fingerprint density at radius 1 is 1.60 bits per heavy atom. The number of carbonyl (C=O) groups excluding carboxylic acids is 2. The lowest BCUT2D eigenvalue weighted by Crippen LogP contribution is -2.13. The maximum absolute atomic E-state index is 10.5. The maximum Gasteiger partial charge on any atom is 0.244 e. The van der Waals surface area contributed by atoms with Gasteiger partial charge in [-0.05, 0) is 18.9 Å². The monoisotopic (exact) mass is 141 g/mol. The molecule has 10 heavy (non-hydrogen) atoms. The number of aldehydes is 1. The molecule has 0 unspecified atom stereocenters. The number of hydrogen-bond donors (Lipinski definition) is 1. The highest BCUT2D eigenvalue weighted by Gasteiger charge is 2.03. The van der Waals surface area contributed by atoms with E-state index in [4.69, 9.17) is 5.73 Å². The van der Waals surface area contributed by atoms with Gasteiger partial charge in [-0.25, -0.2) is 0 Å². The van der Waals surface area contributed by atoms with Gasteiger partial charge in [0.25, 0.3) is 0 Å². The van der Waals surface area contributed by atoms with Crippen molar-refractivity contribution in [3.8, 4) is 0 Å². The Balaban J connectivity index is 4.59. The van der Waals surface area contributed by atoms with Crippen LogP contribution in [-0.4, -0.2) is 12.2 Å². The Kier molecular flexibility index (Phi) is 3.39. The fraction of sp³-hybridized carbons (Fsp3) is 0.429. The van der Waals surface area contributed by atoms with E-state index < -0.39 is 5.91 Å². The number of allylic oxidation sites excluding steroid dienone is 1. The molecule has 0 aromatic heterocycles. The molecule has 0 aliphatic carbocycles. The first-order valence-corrected chi connectivity index (χ1v) is 3.08. The van der Waals surface area contributed by atoms with Gasteiger partial charge in [0.05, 0.1) is 0 Å². The Bertz CT molecular complexity index is 182. The van der Waals surface area contributed by atoms with Crippen LogP contribution in [0.15, 0.2) is 11.1 Å². The molecule has 3 heteroatoms. The van der Waals surface area contributed by atoms with Crippen LogP contribution in [0.5, 0.6) is 0 Å². The van der Waals surface area contributed by atoms with Gasteiger partial charge in [0.1, 0.15) is 6.29 Å². The highest BCUT2D eigenvalue weighted by atomic mass is 16.1. The van der Waals surface area contributed by atoms with Crippen LogP contribution in [-0.2, 0) is 9.59 Å². The summed E-state index contributed by atoms with van der Waals surface area (Å²) in [6.45, 7) is 3.35. The minimum absolute atomic E-state index is 0.359. The van der Waals surface area contributed by atoms with Crippen molar-refractivity contribution in [2.75, 3.05) is 0 Å². The first-order valence-electron chi connectivity index (χ1n) is 3.08. The van der Waals surface area contributed by atoms with Crippen LogP contribution >= 0.6 is 0 Å². The number of carbonyl (C=O) groups is 2. The Hall–Kier alpha value is -1.12. The highest BCUT2D eigenvalue weighted by Crippen LogP contribution is 2.03. The topological polar surface area (TPSA) is 60.2 Å². The summed E-state index contributed by atoms with van der Waals surface area (Å²) in [5.74, 6) is -0.524. The van der Waals surface area contributed by atoms with Gasteiger partial charge in [0.15, 0.2) is 0 Å². The minimum atomic E-state index is -0.524. The normalized spacial score (nSPS) is 12.2. The summed E-state index contributed by atoms with van der Waals surface area (Å²) in [4.78, 5) is 20.7. The number of amides is 1. The molecule has 0 spiro atoms. The van der Waals surface area contributed by atoms with Crippen molar-refractivity contribution in [1.29, 1.82) is 0 Å². The number of primary amides is 1. The molecule has 2 N–H and O–H groups in total. The van der Waals surface area contributed by atoms with Crippen molar-refractivity contribution >= 4 is 12.2 Å². The minimum Gasteiger partial charge on any atom is -0.366 e. The predicted molar refractivity (Wildman–Crippen MR) is 38.2 cm³/mol. The number of hydrogen-bond acceptors (Lipinski definition) is 2. The van der Waals surface area contributed by atoms with Gasteiger partial charge in [-0.2, -0.15) is 0 Å². The quantitative estimate of drug-likeness (QED) is 0.456. The third-order valence-electron chi connectivity index (χ3n) is 1.37. The number of nitrogens with two attached hydrogens (primary N) is 1. The molecule has 56 valence electrons. The van der Waals surface area contributed by atoms with E-state index in [1.165, 1.54) is 0 Å². The van der Waals surface area contributed by atoms with Crippen LogP contribution in [0.2, 0.25) is 0 Å². The lowest BCUT2D eigenvalue weighted by molar-refractivity contribution is -0.115. The van der Waals surface area contributed by atoms with E-state index in [-0.39, 0.29) is 0 Å². The van der Waals surface area contributed by atoms with Crippen LogP contribution in [0, 0.1) is 0 Å². The van der Waals surface area contributed by atoms with Crippen LogP contribution in [0.1, 0.15) is 20.3 Å². The molecule has 3 nitrogen and oxygen atoms in total. The molecule has 0 bridgehead atoms. The second-order valence-corrected chi connectivity index (χ2v) is 1.99. The number of rotatable bonds is 3. The fourth-order valence-electron chi connectivity index (χ4n) is 0.595. The van der Waals surface area contributed by atoms with Crippen molar-refractivity contribution in [1.82, 2.24) is 0 Å². The van der Waals surface area contributed by atoms with E-state index in [2.05, 4.69) is 0 Å².